The molecule has 1 saturated carbocycles. The molecule has 0 radical (unpaired) electrons. The summed E-state index contributed by atoms with van der Waals surface area (Å²) in [6.45, 7) is 0. The predicted molar refractivity (Wildman–Crippen MR) is 103 cm³/mol. The Morgan fingerprint density at radius 1 is 1.00 bits per heavy atom. The van der Waals surface area contributed by atoms with Gasteiger partial charge in [0.25, 0.3) is 0 Å². The Hall–Kier alpha value is -1.60. The quantitative estimate of drug-likeness (QED) is 0.667. The van der Waals surface area contributed by atoms with Crippen molar-refractivity contribution in [2.75, 3.05) is 0 Å². The van der Waals surface area contributed by atoms with Gasteiger partial charge in [0, 0.05) is 17.9 Å². The molecule has 1 nitrogen and oxygen atoms in total. The smallest absolute Gasteiger partial charge is 0.137 e. The summed E-state index contributed by atoms with van der Waals surface area (Å²) in [5.41, 5.74) is 4.64. The maximum Gasteiger partial charge on any atom is 0.137 e. The van der Waals surface area contributed by atoms with Gasteiger partial charge in [0.2, 0.25) is 0 Å². The fourth-order valence-corrected chi connectivity index (χ4v) is 5.07. The van der Waals surface area contributed by atoms with Gasteiger partial charge in [-0.25, -0.2) is 0 Å². The van der Waals surface area contributed by atoms with Gasteiger partial charge >= 0.3 is 0 Å². The predicted octanol–water partition coefficient (Wildman–Crippen LogP) is 5.92. The third-order valence-electron chi connectivity index (χ3n) is 6.35. The molecule has 2 aliphatic carbocycles. The first-order valence-corrected chi connectivity index (χ1v) is 9.87. The van der Waals surface area contributed by atoms with Crippen molar-refractivity contribution in [1.82, 2.24) is 0 Å². The second kappa shape index (κ2) is 6.96. The van der Waals surface area contributed by atoms with Crippen LogP contribution in [0.1, 0.15) is 55.2 Å². The van der Waals surface area contributed by atoms with Crippen molar-refractivity contribution in [2.45, 2.75) is 56.8 Å². The molecule has 0 unspecified atom stereocenters. The number of benzene rings is 2. The molecule has 0 aliphatic heterocycles. The van der Waals surface area contributed by atoms with Crippen LogP contribution < -0.4 is 0 Å². The maximum atomic E-state index is 12.4. The minimum absolute atomic E-state index is 0.370. The Kier molecular flexibility index (Phi) is 4.69. The molecule has 1 fully saturated rings. The van der Waals surface area contributed by atoms with E-state index in [-0.39, 0.29) is 0 Å². The zero-order valence-electron chi connectivity index (χ0n) is 14.6. The lowest BCUT2D eigenvalue weighted by Gasteiger charge is -2.38. The average molecular weight is 353 g/mol. The van der Waals surface area contributed by atoms with Crippen molar-refractivity contribution in [2.24, 2.45) is 5.92 Å². The van der Waals surface area contributed by atoms with E-state index in [1.807, 2.05) is 24.3 Å². The van der Waals surface area contributed by atoms with Crippen molar-refractivity contribution < 1.29 is 4.79 Å². The molecule has 2 aliphatic rings. The van der Waals surface area contributed by atoms with Gasteiger partial charge in [-0.1, -0.05) is 48.0 Å². The Labute approximate surface area is 155 Å². The van der Waals surface area contributed by atoms with Crippen LogP contribution in [0.15, 0.2) is 48.5 Å². The van der Waals surface area contributed by atoms with Crippen LogP contribution in [0.25, 0.3) is 0 Å². The Bertz CT molecular complexity index is 754. The molecule has 2 aromatic rings. The standard InChI is InChI=1S/C23H25ClO/c24-20-7-5-17(6-8-20)15-21(25)16-18-9-12-23(13-10-18)14-11-19-3-1-2-4-22(19)23/h1-8,18H,9-16H2. The van der Waals surface area contributed by atoms with Crippen LogP contribution in [-0.2, 0) is 23.1 Å². The topological polar surface area (TPSA) is 17.1 Å². The molecular formula is C23H25ClO. The number of fused-ring (bicyclic) bond motifs is 2. The first kappa shape index (κ1) is 16.8. The monoisotopic (exact) mass is 352 g/mol. The van der Waals surface area contributed by atoms with Gasteiger partial charge in [-0.15, -0.1) is 0 Å². The van der Waals surface area contributed by atoms with E-state index >= 15 is 0 Å². The van der Waals surface area contributed by atoms with Gasteiger partial charge < -0.3 is 0 Å². The van der Waals surface area contributed by atoms with E-state index in [0.29, 0.717) is 23.5 Å². The molecule has 0 aromatic heterocycles. The van der Waals surface area contributed by atoms with Gasteiger partial charge in [-0.2, -0.15) is 0 Å². The van der Waals surface area contributed by atoms with Crippen molar-refractivity contribution in [3.8, 4) is 0 Å². The van der Waals surface area contributed by atoms with Gasteiger partial charge in [0.05, 0.1) is 0 Å². The number of rotatable bonds is 4. The molecule has 0 saturated heterocycles. The highest BCUT2D eigenvalue weighted by Crippen LogP contribution is 2.50. The van der Waals surface area contributed by atoms with Gasteiger partial charge in [0.15, 0.2) is 0 Å². The Morgan fingerprint density at radius 2 is 1.72 bits per heavy atom. The second-order valence-corrected chi connectivity index (χ2v) is 8.36. The minimum atomic E-state index is 0.370. The summed E-state index contributed by atoms with van der Waals surface area (Å²) in [6.07, 6.45) is 8.71. The molecule has 0 atom stereocenters. The minimum Gasteiger partial charge on any atom is -0.299 e. The summed E-state index contributed by atoms with van der Waals surface area (Å²) < 4.78 is 0. The Morgan fingerprint density at radius 3 is 2.48 bits per heavy atom. The number of hydrogen-bond acceptors (Lipinski definition) is 1. The highest BCUT2D eigenvalue weighted by Gasteiger charge is 2.41. The summed E-state index contributed by atoms with van der Waals surface area (Å²) in [6, 6.07) is 16.7. The molecule has 4 rings (SSSR count). The van der Waals surface area contributed by atoms with E-state index in [9.17, 15) is 4.79 Å². The zero-order valence-corrected chi connectivity index (χ0v) is 15.4. The first-order chi connectivity index (χ1) is 12.1. The highest BCUT2D eigenvalue weighted by molar-refractivity contribution is 6.30. The summed E-state index contributed by atoms with van der Waals surface area (Å²) >= 11 is 5.91. The summed E-state index contributed by atoms with van der Waals surface area (Å²) in [5.74, 6) is 0.938. The highest BCUT2D eigenvalue weighted by atomic mass is 35.5. The van der Waals surface area contributed by atoms with E-state index in [1.165, 1.54) is 38.5 Å². The van der Waals surface area contributed by atoms with Gasteiger partial charge in [-0.05, 0) is 78.7 Å². The fourth-order valence-electron chi connectivity index (χ4n) is 4.94. The molecule has 0 bridgehead atoms. The number of aryl methyl sites for hydroxylation is 1. The molecular weight excluding hydrogens is 328 g/mol. The summed E-state index contributed by atoms with van der Waals surface area (Å²) in [4.78, 5) is 12.4. The van der Waals surface area contributed by atoms with Crippen LogP contribution in [-0.4, -0.2) is 5.78 Å². The number of carbonyl (C=O) groups excluding carboxylic acids is 1. The van der Waals surface area contributed by atoms with Crippen LogP contribution in [0.5, 0.6) is 0 Å². The lowest BCUT2D eigenvalue weighted by Crippen LogP contribution is -2.30. The number of halogens is 1. The first-order valence-electron chi connectivity index (χ1n) is 9.49. The average Bonchev–Trinajstić information content (AvgIpc) is 2.98. The van der Waals surface area contributed by atoms with Gasteiger partial charge in [0.1, 0.15) is 5.78 Å². The van der Waals surface area contributed by atoms with E-state index < -0.39 is 0 Å². The van der Waals surface area contributed by atoms with Crippen molar-refractivity contribution in [3.05, 3.63) is 70.2 Å². The summed E-state index contributed by atoms with van der Waals surface area (Å²) in [7, 11) is 0. The second-order valence-electron chi connectivity index (χ2n) is 7.93. The third kappa shape index (κ3) is 3.53. The third-order valence-corrected chi connectivity index (χ3v) is 6.61. The van der Waals surface area contributed by atoms with Crippen LogP contribution in [0.2, 0.25) is 5.02 Å². The zero-order chi connectivity index (χ0) is 17.3. The Balaban J connectivity index is 1.33. The van der Waals surface area contributed by atoms with Crippen molar-refractivity contribution >= 4 is 17.4 Å². The van der Waals surface area contributed by atoms with Crippen LogP contribution in [0.3, 0.4) is 0 Å². The van der Waals surface area contributed by atoms with E-state index in [0.717, 1.165) is 17.0 Å². The van der Waals surface area contributed by atoms with Crippen molar-refractivity contribution in [1.29, 1.82) is 0 Å². The summed E-state index contributed by atoms with van der Waals surface area (Å²) in [5, 5.41) is 0.727. The number of carbonyl (C=O) groups is 1. The molecule has 0 amide bonds. The molecule has 0 N–H and O–H groups in total. The largest absolute Gasteiger partial charge is 0.299 e. The SMILES string of the molecule is O=C(Cc1ccc(Cl)cc1)CC1CCC2(CCc3ccccc32)CC1. The molecule has 1 spiro atoms. The molecule has 2 heteroatoms. The normalized spacial score (nSPS) is 25.1. The van der Waals surface area contributed by atoms with Crippen LogP contribution >= 0.6 is 11.6 Å². The van der Waals surface area contributed by atoms with E-state index in [2.05, 4.69) is 24.3 Å². The molecule has 0 heterocycles. The number of Topliss-reactive ketones (excluding diaryl/α,β-unsaturated/α-hetero) is 1. The number of ketones is 1. The maximum absolute atomic E-state index is 12.4. The van der Waals surface area contributed by atoms with Gasteiger partial charge in [-0.3, -0.25) is 4.79 Å². The molecule has 130 valence electrons. The number of hydrogen-bond donors (Lipinski definition) is 0. The van der Waals surface area contributed by atoms with Crippen LogP contribution in [0.4, 0.5) is 0 Å². The molecule has 2 aromatic carbocycles. The fraction of sp³-hybridized carbons (Fsp3) is 0.435. The van der Waals surface area contributed by atoms with E-state index in [4.69, 9.17) is 11.6 Å². The molecule has 25 heavy (non-hydrogen) atoms. The lowest BCUT2D eigenvalue weighted by atomic mass is 9.66. The lowest BCUT2D eigenvalue weighted by molar-refractivity contribution is -0.119. The van der Waals surface area contributed by atoms with E-state index in [1.54, 1.807) is 11.1 Å². The van der Waals surface area contributed by atoms with Crippen LogP contribution in [0, 0.1) is 5.92 Å². The van der Waals surface area contributed by atoms with Crippen molar-refractivity contribution in [3.63, 3.8) is 0 Å².